The average molecular weight is 406 g/mol. The summed E-state index contributed by atoms with van der Waals surface area (Å²) in [5.41, 5.74) is 2.81. The maximum absolute atomic E-state index is 13.3. The Bertz CT molecular complexity index is 845. The molecule has 0 N–H and O–H groups in total. The lowest BCUT2D eigenvalue weighted by molar-refractivity contribution is -0.133. The van der Waals surface area contributed by atoms with Gasteiger partial charge >= 0.3 is 6.11 Å². The molecule has 154 valence electrons. The molecule has 6 heteroatoms. The van der Waals surface area contributed by atoms with E-state index in [2.05, 4.69) is 16.9 Å². The van der Waals surface area contributed by atoms with Gasteiger partial charge < -0.3 is 9.47 Å². The van der Waals surface area contributed by atoms with Crippen molar-refractivity contribution in [2.45, 2.75) is 32.0 Å². The van der Waals surface area contributed by atoms with Gasteiger partial charge in [-0.2, -0.15) is 17.6 Å². The highest BCUT2D eigenvalue weighted by Crippen LogP contribution is 2.33. The van der Waals surface area contributed by atoms with Crippen LogP contribution < -0.4 is 4.74 Å². The second-order valence-electron chi connectivity index (χ2n) is 6.93. The number of halogens is 4. The summed E-state index contributed by atoms with van der Waals surface area (Å²) >= 11 is 0. The van der Waals surface area contributed by atoms with E-state index in [0.717, 1.165) is 29.5 Å². The molecule has 1 saturated heterocycles. The molecule has 0 spiro atoms. The van der Waals surface area contributed by atoms with Crippen molar-refractivity contribution in [3.05, 3.63) is 78.4 Å². The summed E-state index contributed by atoms with van der Waals surface area (Å²) in [5.74, 6) is 0.277. The summed E-state index contributed by atoms with van der Waals surface area (Å²) in [4.78, 5) is 0. The van der Waals surface area contributed by atoms with Crippen LogP contribution in [0.5, 0.6) is 5.75 Å². The molecule has 1 heterocycles. The van der Waals surface area contributed by atoms with E-state index in [1.54, 1.807) is 12.1 Å². The normalized spacial score (nSPS) is 19.9. The second-order valence-corrected chi connectivity index (χ2v) is 6.93. The fourth-order valence-corrected chi connectivity index (χ4v) is 3.38. The van der Waals surface area contributed by atoms with E-state index in [1.807, 2.05) is 31.2 Å². The Hall–Kier alpha value is -2.60. The fraction of sp³-hybridized carbons (Fsp3) is 0.304. The van der Waals surface area contributed by atoms with Crippen molar-refractivity contribution in [2.24, 2.45) is 5.92 Å². The van der Waals surface area contributed by atoms with Crippen LogP contribution in [0.25, 0.3) is 11.1 Å². The first-order chi connectivity index (χ1) is 13.9. The van der Waals surface area contributed by atoms with Crippen LogP contribution in [0.3, 0.4) is 0 Å². The Labute approximate surface area is 167 Å². The first-order valence-electron chi connectivity index (χ1n) is 9.42. The zero-order valence-corrected chi connectivity index (χ0v) is 16.0. The number of alkyl halides is 2. The summed E-state index contributed by atoms with van der Waals surface area (Å²) in [7, 11) is 0. The maximum atomic E-state index is 13.3. The number of benzene rings is 2. The Morgan fingerprint density at radius 1 is 1.00 bits per heavy atom. The van der Waals surface area contributed by atoms with Gasteiger partial charge in [0, 0.05) is 5.92 Å². The Balaban J connectivity index is 1.64. The van der Waals surface area contributed by atoms with Gasteiger partial charge in [0.1, 0.15) is 5.75 Å². The second kappa shape index (κ2) is 9.27. The van der Waals surface area contributed by atoms with E-state index in [4.69, 9.17) is 4.74 Å². The van der Waals surface area contributed by atoms with Crippen LogP contribution in [0.1, 0.15) is 31.4 Å². The SMILES string of the molecule is C/C=C/C1CCC(c2ccc(-c3ccc(OC(F)(F)C=C(F)F)cc3)cc2)OC1. The van der Waals surface area contributed by atoms with E-state index in [9.17, 15) is 17.6 Å². The minimum atomic E-state index is -4.06. The van der Waals surface area contributed by atoms with E-state index < -0.39 is 18.3 Å². The number of allylic oxidation sites excluding steroid dienone is 1. The first-order valence-corrected chi connectivity index (χ1v) is 9.42. The fourth-order valence-electron chi connectivity index (χ4n) is 3.38. The lowest BCUT2D eigenvalue weighted by Gasteiger charge is -2.27. The van der Waals surface area contributed by atoms with E-state index in [-0.39, 0.29) is 11.9 Å². The average Bonchev–Trinajstić information content (AvgIpc) is 2.68. The molecule has 0 aliphatic carbocycles. The molecule has 2 nitrogen and oxygen atoms in total. The minimum absolute atomic E-state index is 0.0764. The minimum Gasteiger partial charge on any atom is -0.429 e. The van der Waals surface area contributed by atoms with Crippen molar-refractivity contribution >= 4 is 0 Å². The third kappa shape index (κ3) is 5.94. The highest BCUT2D eigenvalue weighted by molar-refractivity contribution is 5.64. The topological polar surface area (TPSA) is 18.5 Å². The Kier molecular flexibility index (Phi) is 6.75. The number of rotatable bonds is 6. The molecule has 29 heavy (non-hydrogen) atoms. The van der Waals surface area contributed by atoms with Crippen molar-refractivity contribution < 1.29 is 27.0 Å². The van der Waals surface area contributed by atoms with Crippen LogP contribution in [-0.4, -0.2) is 12.7 Å². The number of hydrogen-bond acceptors (Lipinski definition) is 2. The summed E-state index contributed by atoms with van der Waals surface area (Å²) < 4.78 is 60.9. The summed E-state index contributed by atoms with van der Waals surface area (Å²) in [6, 6.07) is 13.8. The number of hydrogen-bond donors (Lipinski definition) is 0. The Morgan fingerprint density at radius 2 is 1.62 bits per heavy atom. The summed E-state index contributed by atoms with van der Waals surface area (Å²) in [6.07, 6.45) is -0.726. The van der Waals surface area contributed by atoms with Gasteiger partial charge in [0.2, 0.25) is 0 Å². The van der Waals surface area contributed by atoms with E-state index in [0.29, 0.717) is 12.5 Å². The lowest BCUT2D eigenvalue weighted by Crippen LogP contribution is -2.21. The molecule has 2 unspecified atom stereocenters. The zero-order chi connectivity index (χ0) is 20.9. The molecule has 2 atom stereocenters. The van der Waals surface area contributed by atoms with Gasteiger partial charge in [-0.05, 0) is 48.6 Å². The number of ether oxygens (including phenoxy) is 2. The molecule has 1 fully saturated rings. The van der Waals surface area contributed by atoms with Gasteiger partial charge in [-0.25, -0.2) is 0 Å². The van der Waals surface area contributed by atoms with E-state index >= 15 is 0 Å². The molecule has 0 saturated carbocycles. The van der Waals surface area contributed by atoms with Gasteiger partial charge in [0.15, 0.2) is 0 Å². The molecule has 0 aromatic heterocycles. The molecule has 2 aromatic carbocycles. The predicted octanol–water partition coefficient (Wildman–Crippen LogP) is 7.15. The third-order valence-electron chi connectivity index (χ3n) is 4.78. The molecule has 0 radical (unpaired) electrons. The molecule has 0 amide bonds. The van der Waals surface area contributed by atoms with Crippen molar-refractivity contribution in [2.75, 3.05) is 6.61 Å². The van der Waals surface area contributed by atoms with Crippen LogP contribution in [0.4, 0.5) is 17.6 Å². The quantitative estimate of drug-likeness (QED) is 0.375. The van der Waals surface area contributed by atoms with Crippen LogP contribution in [0.15, 0.2) is 72.8 Å². The zero-order valence-electron chi connectivity index (χ0n) is 16.0. The highest BCUT2D eigenvalue weighted by Gasteiger charge is 2.30. The van der Waals surface area contributed by atoms with Gasteiger partial charge in [-0.15, -0.1) is 0 Å². The van der Waals surface area contributed by atoms with Crippen LogP contribution in [0, 0.1) is 5.92 Å². The van der Waals surface area contributed by atoms with Crippen LogP contribution >= 0.6 is 0 Å². The van der Waals surface area contributed by atoms with Gasteiger partial charge in [0.05, 0.1) is 18.8 Å². The highest BCUT2D eigenvalue weighted by atomic mass is 19.3. The predicted molar refractivity (Wildman–Crippen MR) is 104 cm³/mol. The van der Waals surface area contributed by atoms with Crippen LogP contribution in [0.2, 0.25) is 0 Å². The smallest absolute Gasteiger partial charge is 0.425 e. The third-order valence-corrected chi connectivity index (χ3v) is 4.78. The molecular weight excluding hydrogens is 384 g/mol. The van der Waals surface area contributed by atoms with Crippen molar-refractivity contribution in [3.8, 4) is 16.9 Å². The summed E-state index contributed by atoms with van der Waals surface area (Å²) in [6.45, 7) is 2.72. The van der Waals surface area contributed by atoms with Gasteiger partial charge in [0.25, 0.3) is 6.08 Å². The van der Waals surface area contributed by atoms with Gasteiger partial charge in [-0.3, -0.25) is 0 Å². The van der Waals surface area contributed by atoms with Gasteiger partial charge in [-0.1, -0.05) is 48.6 Å². The lowest BCUT2D eigenvalue weighted by atomic mass is 9.93. The molecule has 1 aliphatic rings. The largest absolute Gasteiger partial charge is 0.429 e. The summed E-state index contributed by atoms with van der Waals surface area (Å²) in [5, 5.41) is 0. The van der Waals surface area contributed by atoms with E-state index in [1.165, 1.54) is 12.1 Å². The molecule has 2 aromatic rings. The molecule has 0 bridgehead atoms. The first kappa shape index (κ1) is 21.1. The van der Waals surface area contributed by atoms with Crippen molar-refractivity contribution in [3.63, 3.8) is 0 Å². The monoisotopic (exact) mass is 406 g/mol. The van der Waals surface area contributed by atoms with Crippen LogP contribution in [-0.2, 0) is 4.74 Å². The molecule has 3 rings (SSSR count). The molecular formula is C23H22F4O2. The standard InChI is InChI=1S/C23H22F4O2/c1-2-3-16-4-13-21(28-15-16)19-7-5-17(6-8-19)18-9-11-20(12-10-18)29-23(26,27)14-22(24)25/h2-3,5-12,14,16,21H,4,13,15H2,1H3/b3-2+. The Morgan fingerprint density at radius 3 is 2.14 bits per heavy atom. The molecule has 1 aliphatic heterocycles. The maximum Gasteiger partial charge on any atom is 0.425 e. The van der Waals surface area contributed by atoms with Crippen molar-refractivity contribution in [1.29, 1.82) is 0 Å². The van der Waals surface area contributed by atoms with Crippen molar-refractivity contribution in [1.82, 2.24) is 0 Å².